The van der Waals surface area contributed by atoms with Crippen molar-refractivity contribution in [2.75, 3.05) is 0 Å². The molecule has 0 unspecified atom stereocenters. The molecule has 0 aliphatic rings. The number of hydrogen-bond acceptors (Lipinski definition) is 5. The van der Waals surface area contributed by atoms with Crippen LogP contribution in [0.2, 0.25) is 0 Å². The molecule has 1 atom stereocenters. The number of hydrogen-bond donors (Lipinski definition) is 2. The second kappa shape index (κ2) is 7.57. The predicted molar refractivity (Wildman–Crippen MR) is 119 cm³/mol. The van der Waals surface area contributed by atoms with Gasteiger partial charge in [-0.2, -0.15) is 0 Å². The van der Waals surface area contributed by atoms with Crippen molar-refractivity contribution in [1.29, 1.82) is 0 Å². The van der Waals surface area contributed by atoms with Gasteiger partial charge in [-0.05, 0) is 45.0 Å². The number of nitrogens with one attached hydrogen (secondary N) is 1. The normalized spacial score (nSPS) is 13.2. The first-order chi connectivity index (χ1) is 14.2. The van der Waals surface area contributed by atoms with Crippen molar-refractivity contribution in [3.05, 3.63) is 53.7 Å². The number of fused-ring (bicyclic) bond motifs is 2. The summed E-state index contributed by atoms with van der Waals surface area (Å²) in [6.07, 6.45) is 0. The number of imidazole rings is 1. The zero-order chi connectivity index (χ0) is 21.6. The Hall–Kier alpha value is -2.62. The molecule has 4 rings (SSSR count). The van der Waals surface area contributed by atoms with Crippen molar-refractivity contribution < 1.29 is 13.2 Å². The number of sulfonamides is 1. The second-order valence-electron chi connectivity index (χ2n) is 7.13. The summed E-state index contributed by atoms with van der Waals surface area (Å²) in [4.78, 5) is 21.2. The van der Waals surface area contributed by atoms with E-state index in [-0.39, 0.29) is 15.9 Å². The van der Waals surface area contributed by atoms with Gasteiger partial charge in [-0.3, -0.25) is 4.79 Å². The van der Waals surface area contributed by atoms with Crippen molar-refractivity contribution in [2.24, 2.45) is 5.14 Å². The number of aromatic nitrogens is 3. The van der Waals surface area contributed by atoms with Crippen LogP contribution in [0.3, 0.4) is 0 Å². The molecule has 4 aromatic rings. The van der Waals surface area contributed by atoms with Gasteiger partial charge < -0.3 is 9.55 Å². The zero-order valence-electron chi connectivity index (χ0n) is 16.8. The van der Waals surface area contributed by atoms with E-state index in [1.54, 1.807) is 6.07 Å². The zero-order valence-corrected chi connectivity index (χ0v) is 18.5. The fourth-order valence-electron chi connectivity index (χ4n) is 3.67. The molecule has 0 aliphatic heterocycles. The van der Waals surface area contributed by atoms with Crippen molar-refractivity contribution in [3.63, 3.8) is 0 Å². The van der Waals surface area contributed by atoms with Crippen molar-refractivity contribution in [1.82, 2.24) is 14.5 Å². The molecule has 0 saturated heterocycles. The van der Waals surface area contributed by atoms with Gasteiger partial charge in [0.05, 0.1) is 21.2 Å². The minimum Gasteiger partial charge on any atom is -0.358 e. The van der Waals surface area contributed by atoms with Crippen LogP contribution in [0.25, 0.3) is 21.9 Å². The van der Waals surface area contributed by atoms with Gasteiger partial charge in [0.15, 0.2) is 10.9 Å². The molecule has 0 aliphatic carbocycles. The number of aromatic amines is 1. The highest BCUT2D eigenvalue weighted by molar-refractivity contribution is 8.00. The quantitative estimate of drug-likeness (QED) is 0.348. The average molecular weight is 443 g/mol. The lowest BCUT2D eigenvalue weighted by molar-refractivity contribution is 0.0995. The number of benzene rings is 2. The third-order valence-electron chi connectivity index (χ3n) is 5.12. The molecule has 9 heteroatoms. The van der Waals surface area contributed by atoms with Crippen LogP contribution in [-0.4, -0.2) is 34.0 Å². The molecule has 0 bridgehead atoms. The van der Waals surface area contributed by atoms with E-state index in [1.165, 1.54) is 23.9 Å². The van der Waals surface area contributed by atoms with E-state index in [1.807, 2.05) is 49.6 Å². The molecular formula is C21H22N4O3S2. The summed E-state index contributed by atoms with van der Waals surface area (Å²) >= 11 is 1.37. The van der Waals surface area contributed by atoms with E-state index < -0.39 is 10.0 Å². The van der Waals surface area contributed by atoms with Gasteiger partial charge in [-0.25, -0.2) is 18.5 Å². The lowest BCUT2D eigenvalue weighted by Gasteiger charge is -2.11. The first-order valence-corrected chi connectivity index (χ1v) is 11.9. The van der Waals surface area contributed by atoms with Crippen molar-refractivity contribution >= 4 is 49.5 Å². The Kier molecular flexibility index (Phi) is 5.21. The highest BCUT2D eigenvalue weighted by Crippen LogP contribution is 2.32. The molecule has 0 radical (unpaired) electrons. The first-order valence-electron chi connectivity index (χ1n) is 9.52. The predicted octanol–water partition coefficient (Wildman–Crippen LogP) is 3.86. The summed E-state index contributed by atoms with van der Waals surface area (Å²) in [5.74, 6) is 0.0230. The van der Waals surface area contributed by atoms with Gasteiger partial charge in [-0.1, -0.05) is 30.0 Å². The van der Waals surface area contributed by atoms with Crippen LogP contribution in [-0.2, 0) is 16.6 Å². The van der Waals surface area contributed by atoms with Crippen molar-refractivity contribution in [3.8, 4) is 0 Å². The van der Waals surface area contributed by atoms with Crippen LogP contribution in [0.1, 0.15) is 29.9 Å². The largest absolute Gasteiger partial charge is 0.358 e. The second-order valence-corrected chi connectivity index (χ2v) is 10.00. The third-order valence-corrected chi connectivity index (χ3v) is 7.12. The van der Waals surface area contributed by atoms with Crippen LogP contribution >= 0.6 is 11.8 Å². The number of thioether (sulfide) groups is 1. The molecule has 30 heavy (non-hydrogen) atoms. The number of nitrogens with two attached hydrogens (primary N) is 1. The number of ketones is 1. The number of carbonyl (C=O) groups excluding carboxylic acids is 1. The monoisotopic (exact) mass is 442 g/mol. The smallest absolute Gasteiger partial charge is 0.238 e. The van der Waals surface area contributed by atoms with E-state index in [0.29, 0.717) is 22.8 Å². The van der Waals surface area contributed by atoms with E-state index in [9.17, 15) is 13.2 Å². The highest BCUT2D eigenvalue weighted by Gasteiger charge is 2.24. The van der Waals surface area contributed by atoms with Crippen LogP contribution in [0.5, 0.6) is 0 Å². The minimum atomic E-state index is -3.81. The summed E-state index contributed by atoms with van der Waals surface area (Å²) in [6.45, 7) is 6.39. The molecule has 2 aromatic carbocycles. The fraction of sp³-hybridized carbons (Fsp3) is 0.238. The van der Waals surface area contributed by atoms with E-state index in [2.05, 4.69) is 9.97 Å². The van der Waals surface area contributed by atoms with Gasteiger partial charge in [-0.15, -0.1) is 0 Å². The first kappa shape index (κ1) is 20.6. The molecule has 0 saturated carbocycles. The average Bonchev–Trinajstić information content (AvgIpc) is 3.21. The van der Waals surface area contributed by atoms with Gasteiger partial charge in [0, 0.05) is 28.7 Å². The maximum absolute atomic E-state index is 13.3. The summed E-state index contributed by atoms with van der Waals surface area (Å²) < 4.78 is 25.3. The number of aryl methyl sites for hydroxylation is 2. The van der Waals surface area contributed by atoms with Crippen LogP contribution < -0.4 is 5.14 Å². The summed E-state index contributed by atoms with van der Waals surface area (Å²) in [5.41, 5.74) is 3.81. The maximum atomic E-state index is 13.3. The molecule has 0 amide bonds. The third kappa shape index (κ3) is 3.53. The van der Waals surface area contributed by atoms with E-state index in [4.69, 9.17) is 5.14 Å². The number of H-pyrrole nitrogens is 1. The van der Waals surface area contributed by atoms with Crippen LogP contribution in [0, 0.1) is 6.92 Å². The Morgan fingerprint density at radius 3 is 2.70 bits per heavy atom. The van der Waals surface area contributed by atoms with Gasteiger partial charge in [0.25, 0.3) is 0 Å². The van der Waals surface area contributed by atoms with Gasteiger partial charge >= 0.3 is 0 Å². The number of Topliss-reactive ketones (excluding diaryl/α,β-unsaturated/α-hetero) is 1. The van der Waals surface area contributed by atoms with Gasteiger partial charge in [0.1, 0.15) is 0 Å². The highest BCUT2D eigenvalue weighted by atomic mass is 32.2. The Bertz CT molecular complexity index is 1390. The number of primary sulfonamides is 1. The van der Waals surface area contributed by atoms with Crippen LogP contribution in [0.4, 0.5) is 0 Å². The molecule has 2 aromatic heterocycles. The Labute approximate surface area is 178 Å². The molecule has 7 nitrogen and oxygen atoms in total. The Morgan fingerprint density at radius 1 is 1.27 bits per heavy atom. The van der Waals surface area contributed by atoms with Gasteiger partial charge in [0.2, 0.25) is 10.0 Å². The molecule has 156 valence electrons. The SMILES string of the molecule is CCn1c(S[C@H](C)C(=O)c2c(C)[nH]c3ccccc23)nc2cc(S(N)(=O)=O)ccc21. The standard InChI is InChI=1S/C21H22N4O3S2/c1-4-25-18-10-9-14(30(22,27)28)11-17(18)24-21(25)29-13(3)20(26)19-12(2)23-16-8-6-5-7-15(16)19/h5-11,13,23H,4H2,1-3H3,(H2,22,27,28)/t13-/m1/s1. The molecule has 0 spiro atoms. The number of nitrogens with zero attached hydrogens (tertiary/aromatic N) is 2. The number of carbonyl (C=O) groups is 1. The lowest BCUT2D eigenvalue weighted by Crippen LogP contribution is -2.15. The number of para-hydroxylation sites is 1. The lowest BCUT2D eigenvalue weighted by atomic mass is 10.1. The topological polar surface area (TPSA) is 111 Å². The molecule has 0 fully saturated rings. The van der Waals surface area contributed by atoms with Crippen molar-refractivity contribution in [2.45, 2.75) is 42.6 Å². The van der Waals surface area contributed by atoms with E-state index >= 15 is 0 Å². The summed E-state index contributed by atoms with van der Waals surface area (Å²) in [7, 11) is -3.81. The molecule has 2 heterocycles. The number of rotatable bonds is 6. The minimum absolute atomic E-state index is 0.0193. The van der Waals surface area contributed by atoms with Crippen LogP contribution in [0.15, 0.2) is 52.5 Å². The Balaban J connectivity index is 1.71. The Morgan fingerprint density at radius 2 is 2.00 bits per heavy atom. The molecular weight excluding hydrogens is 420 g/mol. The molecule has 3 N–H and O–H groups in total. The van der Waals surface area contributed by atoms with E-state index in [0.717, 1.165) is 22.1 Å². The fourth-order valence-corrected chi connectivity index (χ4v) is 5.25. The summed E-state index contributed by atoms with van der Waals surface area (Å²) in [5, 5.41) is 6.45. The maximum Gasteiger partial charge on any atom is 0.238 e. The summed E-state index contributed by atoms with van der Waals surface area (Å²) in [6, 6.07) is 12.4.